The number of aliphatic hydroxyl groups is 2. The topological polar surface area (TPSA) is 68.2 Å². The van der Waals surface area contributed by atoms with Crippen molar-refractivity contribution in [2.75, 3.05) is 13.2 Å². The minimum atomic E-state index is -0.624. The second-order valence-corrected chi connectivity index (χ2v) is 10.4. The van der Waals surface area contributed by atoms with E-state index in [9.17, 15) is 14.6 Å². The van der Waals surface area contributed by atoms with E-state index in [-0.39, 0.29) is 24.6 Å². The van der Waals surface area contributed by atoms with Crippen LogP contribution in [0.3, 0.4) is 0 Å². The smallest absolute Gasteiger partial charge is 0.144 e. The van der Waals surface area contributed by atoms with Crippen molar-refractivity contribution >= 4 is 11.6 Å². The highest BCUT2D eigenvalue weighted by atomic mass is 35.5. The summed E-state index contributed by atoms with van der Waals surface area (Å²) in [4.78, 5) is 0. The van der Waals surface area contributed by atoms with Crippen LogP contribution in [-0.4, -0.2) is 41.2 Å². The van der Waals surface area contributed by atoms with E-state index in [1.165, 1.54) is 6.07 Å². The molecule has 1 saturated heterocycles. The van der Waals surface area contributed by atoms with E-state index in [1.54, 1.807) is 12.1 Å². The van der Waals surface area contributed by atoms with Crippen molar-refractivity contribution in [2.24, 2.45) is 0 Å². The van der Waals surface area contributed by atoms with E-state index in [0.29, 0.717) is 54.4 Å². The predicted octanol–water partition coefficient (Wildman–Crippen LogP) is 5.42. The van der Waals surface area contributed by atoms with Gasteiger partial charge in [0.25, 0.3) is 0 Å². The van der Waals surface area contributed by atoms with Crippen molar-refractivity contribution in [1.82, 2.24) is 0 Å². The highest BCUT2D eigenvalue weighted by Crippen LogP contribution is 2.37. The van der Waals surface area contributed by atoms with Gasteiger partial charge in [-0.05, 0) is 60.4 Å². The van der Waals surface area contributed by atoms with Gasteiger partial charge in [0.05, 0.1) is 24.9 Å². The Morgan fingerprint density at radius 2 is 1.92 bits per heavy atom. The fourth-order valence-electron chi connectivity index (χ4n) is 4.97. The van der Waals surface area contributed by atoms with Crippen LogP contribution in [0.4, 0.5) is 4.39 Å². The highest BCUT2D eigenvalue weighted by Gasteiger charge is 2.37. The van der Waals surface area contributed by atoms with Crippen LogP contribution >= 0.6 is 11.6 Å². The Labute approximate surface area is 215 Å². The Hall–Kier alpha value is -2.64. The van der Waals surface area contributed by atoms with Gasteiger partial charge in [0.2, 0.25) is 0 Å². The van der Waals surface area contributed by atoms with Crippen LogP contribution in [0.15, 0.2) is 60.7 Å². The van der Waals surface area contributed by atoms with E-state index < -0.39 is 11.7 Å². The normalized spacial score (nSPS) is 25.3. The average molecular weight is 513 g/mol. The molecule has 2 aliphatic rings. The molecule has 2 heterocycles. The predicted molar refractivity (Wildman–Crippen MR) is 135 cm³/mol. The third kappa shape index (κ3) is 5.52. The standard InChI is InChI=1S/C29H30ClFO5/c1-29(15-24-26(31)3-2-4-27(24)36-29)17-34-22-8-5-18(6-9-22)11-20-12-19(7-10-25(20)30)28-14-21(33)13-23(16-32)35-28/h2-10,12,21,23,28,32-33H,11,13-17H2,1H3. The third-order valence-corrected chi connectivity index (χ3v) is 7.24. The van der Waals surface area contributed by atoms with Crippen molar-refractivity contribution < 1.29 is 28.8 Å². The van der Waals surface area contributed by atoms with Crippen LogP contribution in [0.2, 0.25) is 5.02 Å². The number of rotatable bonds is 7. The molecule has 4 atom stereocenters. The maximum absolute atomic E-state index is 14.1. The summed E-state index contributed by atoms with van der Waals surface area (Å²) in [7, 11) is 0. The van der Waals surface area contributed by atoms with E-state index in [2.05, 4.69) is 0 Å². The van der Waals surface area contributed by atoms with Gasteiger partial charge in [0.1, 0.15) is 29.5 Å². The lowest BCUT2D eigenvalue weighted by molar-refractivity contribution is -0.113. The van der Waals surface area contributed by atoms with Crippen LogP contribution in [0, 0.1) is 5.82 Å². The van der Waals surface area contributed by atoms with Crippen LogP contribution < -0.4 is 9.47 Å². The summed E-state index contributed by atoms with van der Waals surface area (Å²) in [6.07, 6.45) is 0.870. The molecule has 0 aliphatic carbocycles. The second kappa shape index (κ2) is 10.4. The first kappa shape index (κ1) is 25.0. The second-order valence-electron chi connectivity index (χ2n) is 9.96. The van der Waals surface area contributed by atoms with E-state index >= 15 is 0 Å². The summed E-state index contributed by atoms with van der Waals surface area (Å²) in [5.74, 6) is 1.04. The summed E-state index contributed by atoms with van der Waals surface area (Å²) < 4.78 is 32.0. The quantitative estimate of drug-likeness (QED) is 0.442. The molecule has 2 N–H and O–H groups in total. The number of hydrogen-bond donors (Lipinski definition) is 2. The maximum Gasteiger partial charge on any atom is 0.144 e. The zero-order valence-electron chi connectivity index (χ0n) is 20.1. The van der Waals surface area contributed by atoms with Gasteiger partial charge in [-0.25, -0.2) is 4.39 Å². The first-order chi connectivity index (χ1) is 17.3. The Morgan fingerprint density at radius 3 is 2.67 bits per heavy atom. The summed E-state index contributed by atoms with van der Waals surface area (Å²) >= 11 is 6.49. The van der Waals surface area contributed by atoms with Crippen LogP contribution in [0.25, 0.3) is 0 Å². The van der Waals surface area contributed by atoms with E-state index in [4.69, 9.17) is 25.8 Å². The lowest BCUT2D eigenvalue weighted by Gasteiger charge is -2.32. The molecule has 0 bridgehead atoms. The molecule has 190 valence electrons. The van der Waals surface area contributed by atoms with E-state index in [0.717, 1.165) is 16.7 Å². The fourth-order valence-corrected chi connectivity index (χ4v) is 5.16. The van der Waals surface area contributed by atoms with Crippen molar-refractivity contribution in [3.63, 3.8) is 0 Å². The van der Waals surface area contributed by atoms with Gasteiger partial charge in [0, 0.05) is 29.8 Å². The summed E-state index contributed by atoms with van der Waals surface area (Å²) in [5, 5.41) is 20.3. The molecule has 1 fully saturated rings. The SMILES string of the molecule is CC1(COc2ccc(Cc3cc(C4CC(O)CC(CO)O4)ccc3Cl)cc2)Cc2c(F)cccc2O1. The van der Waals surface area contributed by atoms with Crippen molar-refractivity contribution in [3.8, 4) is 11.5 Å². The van der Waals surface area contributed by atoms with Crippen LogP contribution in [0.5, 0.6) is 11.5 Å². The molecule has 7 heteroatoms. The molecule has 5 rings (SSSR count). The molecule has 2 aliphatic heterocycles. The van der Waals surface area contributed by atoms with Gasteiger partial charge >= 0.3 is 0 Å². The summed E-state index contributed by atoms with van der Waals surface area (Å²) in [6, 6.07) is 18.5. The number of aliphatic hydroxyl groups excluding tert-OH is 2. The van der Waals surface area contributed by atoms with Gasteiger partial charge in [-0.15, -0.1) is 0 Å². The Bertz CT molecular complexity index is 1220. The van der Waals surface area contributed by atoms with Gasteiger partial charge in [-0.1, -0.05) is 41.9 Å². The molecule has 0 radical (unpaired) electrons. The first-order valence-electron chi connectivity index (χ1n) is 12.2. The summed E-state index contributed by atoms with van der Waals surface area (Å²) in [6.45, 7) is 2.11. The molecule has 0 amide bonds. The minimum Gasteiger partial charge on any atom is -0.489 e. The lowest BCUT2D eigenvalue weighted by atomic mass is 9.94. The van der Waals surface area contributed by atoms with Crippen molar-refractivity contribution in [1.29, 1.82) is 0 Å². The Balaban J connectivity index is 1.22. The average Bonchev–Trinajstić information content (AvgIpc) is 3.22. The Kier molecular flexibility index (Phi) is 7.22. The molecule has 4 unspecified atom stereocenters. The largest absolute Gasteiger partial charge is 0.489 e. The van der Waals surface area contributed by atoms with Gasteiger partial charge in [-0.3, -0.25) is 0 Å². The van der Waals surface area contributed by atoms with Gasteiger partial charge in [-0.2, -0.15) is 0 Å². The lowest BCUT2D eigenvalue weighted by Crippen LogP contribution is -2.37. The van der Waals surface area contributed by atoms with Crippen molar-refractivity contribution in [2.45, 2.75) is 56.5 Å². The molecule has 36 heavy (non-hydrogen) atoms. The van der Waals surface area contributed by atoms with Crippen LogP contribution in [0.1, 0.15) is 48.1 Å². The molecule has 3 aromatic carbocycles. The molecule has 5 nitrogen and oxygen atoms in total. The number of hydrogen-bond acceptors (Lipinski definition) is 5. The molecule has 3 aromatic rings. The number of ether oxygens (including phenoxy) is 3. The first-order valence-corrected chi connectivity index (χ1v) is 12.6. The maximum atomic E-state index is 14.1. The number of halogens is 2. The molecular formula is C29H30ClFO5. The third-order valence-electron chi connectivity index (χ3n) is 6.87. The Morgan fingerprint density at radius 1 is 1.11 bits per heavy atom. The number of fused-ring (bicyclic) bond motifs is 1. The molecule has 0 spiro atoms. The monoisotopic (exact) mass is 512 g/mol. The zero-order valence-corrected chi connectivity index (χ0v) is 20.9. The van der Waals surface area contributed by atoms with Gasteiger partial charge < -0.3 is 24.4 Å². The van der Waals surface area contributed by atoms with Crippen LogP contribution in [-0.2, 0) is 17.6 Å². The number of benzene rings is 3. The fraction of sp³-hybridized carbons (Fsp3) is 0.379. The van der Waals surface area contributed by atoms with Crippen molar-refractivity contribution in [3.05, 3.63) is 93.8 Å². The molecule has 0 saturated carbocycles. The summed E-state index contributed by atoms with van der Waals surface area (Å²) in [5.41, 5.74) is 2.93. The van der Waals surface area contributed by atoms with E-state index in [1.807, 2.05) is 49.4 Å². The molecule has 0 aromatic heterocycles. The highest BCUT2D eigenvalue weighted by molar-refractivity contribution is 6.31. The zero-order chi connectivity index (χ0) is 25.3. The molecular weight excluding hydrogens is 483 g/mol. The minimum absolute atomic E-state index is 0.114. The van der Waals surface area contributed by atoms with Gasteiger partial charge in [0.15, 0.2) is 0 Å².